The smallest absolute Gasteiger partial charge is 0.339 e. The highest BCUT2D eigenvalue weighted by Gasteiger charge is 2.93. The van der Waals surface area contributed by atoms with Crippen LogP contribution in [-0.4, -0.2) is 65.1 Å². The van der Waals surface area contributed by atoms with Crippen LogP contribution in [-0.2, 0) is 26.3 Å². The molecule has 0 aromatic heterocycles. The molecule has 13 atom stereocenters. The Morgan fingerprint density at radius 1 is 0.933 bits per heavy atom. The molecule has 8 nitrogen and oxygen atoms in total. The summed E-state index contributed by atoms with van der Waals surface area (Å²) in [6, 6.07) is 7.04. The van der Waals surface area contributed by atoms with Crippen molar-refractivity contribution in [1.29, 1.82) is 0 Å². The maximum absolute atomic E-state index is 15.9. The van der Waals surface area contributed by atoms with Gasteiger partial charge in [0.2, 0.25) is 0 Å². The van der Waals surface area contributed by atoms with Crippen molar-refractivity contribution in [3.63, 3.8) is 0 Å². The highest BCUT2D eigenvalue weighted by atomic mass is 16.6. The number of ether oxygens (including phenoxy) is 2. The minimum absolute atomic E-state index is 0.184. The molecule has 0 radical (unpaired) electrons. The number of aryl methyl sites for hydroxylation is 1. The van der Waals surface area contributed by atoms with Crippen LogP contribution in [0.5, 0.6) is 0 Å². The topological polar surface area (TPSA) is 105 Å². The molecule has 3 spiro atoms. The van der Waals surface area contributed by atoms with Crippen molar-refractivity contribution in [1.82, 2.24) is 9.80 Å². The number of benzene rings is 1. The molecule has 15 aliphatic rings. The third-order valence-electron chi connectivity index (χ3n) is 19.6. The first-order chi connectivity index (χ1) is 29.2. The van der Waals surface area contributed by atoms with Crippen LogP contribution in [0, 0.1) is 58.2 Å². The molecule has 1 aromatic rings. The molecule has 1 aromatic carbocycles. The van der Waals surface area contributed by atoms with E-state index < -0.39 is 16.4 Å². The first kappa shape index (κ1) is 37.2. The molecule has 6 aliphatic carbocycles. The van der Waals surface area contributed by atoms with Crippen molar-refractivity contribution in [2.45, 2.75) is 141 Å². The van der Waals surface area contributed by atoms with Gasteiger partial charge < -0.3 is 25.2 Å². The molecular weight excluding hydrogens is 747 g/mol. The first-order valence-corrected chi connectivity index (χ1v) is 24.6. The molecule has 3 saturated heterocycles. The lowest BCUT2D eigenvalue weighted by Crippen LogP contribution is -2.77. The van der Waals surface area contributed by atoms with Gasteiger partial charge in [-0.05, 0) is 142 Å². The van der Waals surface area contributed by atoms with Gasteiger partial charge in [0.05, 0.1) is 11.0 Å². The molecule has 9 heterocycles. The fourth-order valence-electron chi connectivity index (χ4n) is 17.7. The molecular formula is C52H65N3O5. The Morgan fingerprint density at radius 2 is 1.80 bits per heavy atom. The first-order valence-electron chi connectivity index (χ1n) is 24.6. The standard InChI is InChI=1S/C52H65N3O5/c1-28-13-14-33-23-37-29(2)21-34-15-16-39-35-22-30-25-54(27-35)40(31-8-4-3-5-9-31)24-41(56)47-50-18-17-36(44(37)46(34)55(39)26-30)45(33)51(50,49(58)59-47)42(20-28)52(50)38-12-6-10-32(11-7-19-53)43(38)48(57)60-52/h6,10,12,23,28-31,35,37,39-40,42,44,56H,3-5,7-9,11,13-22,24-27,53H2,1-2H3. The van der Waals surface area contributed by atoms with Gasteiger partial charge in [0.15, 0.2) is 11.4 Å². The second-order valence-corrected chi connectivity index (χ2v) is 22.2. The zero-order valence-corrected chi connectivity index (χ0v) is 36.0. The van der Waals surface area contributed by atoms with Gasteiger partial charge in [-0.3, -0.25) is 9.69 Å². The predicted molar refractivity (Wildman–Crippen MR) is 228 cm³/mol. The molecule has 13 unspecified atom stereocenters. The molecule has 60 heavy (non-hydrogen) atoms. The maximum atomic E-state index is 15.9. The number of esters is 2. The third kappa shape index (κ3) is 4.37. The number of rotatable bonds is 4. The van der Waals surface area contributed by atoms with E-state index in [1.165, 1.54) is 74.5 Å². The number of allylic oxidation sites excluding steroid dienone is 4. The normalized spacial score (nSPS) is 44.6. The number of aliphatic hydroxyl groups is 1. The fraction of sp³-hybridized carbons (Fsp3) is 0.692. The average Bonchev–Trinajstić information content (AvgIpc) is 3.71. The van der Waals surface area contributed by atoms with Crippen LogP contribution in [0.2, 0.25) is 0 Å². The van der Waals surface area contributed by atoms with Gasteiger partial charge in [-0.25, -0.2) is 4.79 Å². The molecule has 12 bridgehead atoms. The van der Waals surface area contributed by atoms with E-state index in [0.717, 1.165) is 62.9 Å². The highest BCUT2D eigenvalue weighted by molar-refractivity contribution is 6.00. The van der Waals surface area contributed by atoms with Crippen LogP contribution in [0.1, 0.15) is 138 Å². The number of fused-ring (bicyclic) bond motifs is 3. The van der Waals surface area contributed by atoms with Crippen molar-refractivity contribution in [3.05, 3.63) is 80.5 Å². The Morgan fingerprint density at radius 3 is 2.65 bits per heavy atom. The quantitative estimate of drug-likeness (QED) is 0.291. The number of hydrogen-bond acceptors (Lipinski definition) is 8. The summed E-state index contributed by atoms with van der Waals surface area (Å²) in [6.45, 7) is 8.69. The second kappa shape index (κ2) is 12.9. The van der Waals surface area contributed by atoms with E-state index in [0.29, 0.717) is 78.7 Å². The SMILES string of the molecule is CC1CCC2=CC3C(C)CC4=C5C3C3=C2C26C(=O)OC(=C(O)CC(C7CCCCC7)N7CC8CC(C7)C(CC4)N5C8)C2(CC3)C2(OC(=O)c3c(CCCN)cccc32)C6C1. The number of piperidine rings is 2. The minimum atomic E-state index is -1.12. The van der Waals surface area contributed by atoms with Crippen LogP contribution in [0.4, 0.5) is 0 Å². The van der Waals surface area contributed by atoms with Crippen LogP contribution in [0.15, 0.2) is 63.8 Å². The van der Waals surface area contributed by atoms with Crippen molar-refractivity contribution < 1.29 is 24.2 Å². The van der Waals surface area contributed by atoms with Gasteiger partial charge in [-0.1, -0.05) is 68.5 Å². The molecule has 8 heteroatoms. The van der Waals surface area contributed by atoms with Gasteiger partial charge >= 0.3 is 11.9 Å². The Hall–Kier alpha value is -3.36. The monoisotopic (exact) mass is 811 g/mol. The lowest BCUT2D eigenvalue weighted by Gasteiger charge is -2.72. The highest BCUT2D eigenvalue weighted by Crippen LogP contribution is 2.88. The molecule has 318 valence electrons. The van der Waals surface area contributed by atoms with Crippen LogP contribution in [0.25, 0.3) is 0 Å². The molecule has 16 rings (SSSR count). The van der Waals surface area contributed by atoms with Gasteiger partial charge in [-0.2, -0.15) is 0 Å². The summed E-state index contributed by atoms with van der Waals surface area (Å²) in [6.07, 6.45) is 19.9. The summed E-state index contributed by atoms with van der Waals surface area (Å²) in [4.78, 5) is 36.5. The molecule has 6 fully saturated rings. The van der Waals surface area contributed by atoms with E-state index in [1.807, 2.05) is 0 Å². The van der Waals surface area contributed by atoms with Crippen molar-refractivity contribution in [2.24, 2.45) is 63.9 Å². The Kier molecular flexibility index (Phi) is 7.98. The van der Waals surface area contributed by atoms with E-state index in [9.17, 15) is 9.90 Å². The largest absolute Gasteiger partial charge is 0.509 e. The Bertz CT molecular complexity index is 2230. The average molecular weight is 812 g/mol. The van der Waals surface area contributed by atoms with Gasteiger partial charge in [0, 0.05) is 61.2 Å². The number of hydrogen-bond donors (Lipinski definition) is 2. The Balaban J connectivity index is 1.11. The summed E-state index contributed by atoms with van der Waals surface area (Å²) in [5.41, 5.74) is 12.9. The zero-order chi connectivity index (χ0) is 40.4. The summed E-state index contributed by atoms with van der Waals surface area (Å²) < 4.78 is 14.1. The van der Waals surface area contributed by atoms with E-state index in [2.05, 4.69) is 47.9 Å². The maximum Gasteiger partial charge on any atom is 0.339 e. The van der Waals surface area contributed by atoms with Crippen molar-refractivity contribution >= 4 is 11.9 Å². The number of carbonyl (C=O) groups is 2. The lowest BCUT2D eigenvalue weighted by molar-refractivity contribution is -0.279. The van der Waals surface area contributed by atoms with Gasteiger partial charge in [0.1, 0.15) is 11.2 Å². The van der Waals surface area contributed by atoms with E-state index in [-0.39, 0.29) is 35.6 Å². The zero-order valence-electron chi connectivity index (χ0n) is 36.0. The number of nitrogens with zero attached hydrogens (tertiary/aromatic N) is 2. The Labute approximate surface area is 356 Å². The van der Waals surface area contributed by atoms with Crippen LogP contribution < -0.4 is 5.73 Å². The predicted octanol–water partition coefficient (Wildman–Crippen LogP) is 9.02. The number of aliphatic hydroxyl groups excluding tert-OH is 1. The van der Waals surface area contributed by atoms with E-state index >= 15 is 4.79 Å². The van der Waals surface area contributed by atoms with Crippen LogP contribution >= 0.6 is 0 Å². The van der Waals surface area contributed by atoms with E-state index in [1.54, 1.807) is 11.3 Å². The number of nitrogens with two attached hydrogens (primary N) is 1. The molecule has 9 aliphatic heterocycles. The summed E-state index contributed by atoms with van der Waals surface area (Å²) in [5.74, 6) is 3.16. The third-order valence-corrected chi connectivity index (χ3v) is 19.6. The number of carbonyl (C=O) groups excluding carboxylic acids is 2. The minimum Gasteiger partial charge on any atom is -0.509 e. The van der Waals surface area contributed by atoms with Crippen molar-refractivity contribution in [2.75, 3.05) is 26.2 Å². The van der Waals surface area contributed by atoms with Crippen molar-refractivity contribution in [3.8, 4) is 0 Å². The van der Waals surface area contributed by atoms with Gasteiger partial charge in [0.25, 0.3) is 0 Å². The van der Waals surface area contributed by atoms with Crippen LogP contribution in [0.3, 0.4) is 0 Å². The van der Waals surface area contributed by atoms with Gasteiger partial charge in [-0.15, -0.1) is 0 Å². The fourth-order valence-corrected chi connectivity index (χ4v) is 17.7. The summed E-state index contributed by atoms with van der Waals surface area (Å²) in [5, 5.41) is 13.2. The molecule has 3 saturated carbocycles. The molecule has 0 amide bonds. The summed E-state index contributed by atoms with van der Waals surface area (Å²) in [7, 11) is 0. The molecule has 3 N–H and O–H groups in total. The van der Waals surface area contributed by atoms with E-state index in [4.69, 9.17) is 15.2 Å². The lowest BCUT2D eigenvalue weighted by atomic mass is 9.28. The second-order valence-electron chi connectivity index (χ2n) is 22.2. The summed E-state index contributed by atoms with van der Waals surface area (Å²) >= 11 is 0.